The minimum Gasteiger partial charge on any atom is -0.462 e. The molecule has 0 saturated heterocycles. The van der Waals surface area contributed by atoms with Crippen molar-refractivity contribution in [3.63, 3.8) is 0 Å². The van der Waals surface area contributed by atoms with Gasteiger partial charge in [0.05, 0.1) is 0 Å². The van der Waals surface area contributed by atoms with Gasteiger partial charge in [0.1, 0.15) is 13.2 Å². The second-order valence-electron chi connectivity index (χ2n) is 24.8. The maximum Gasteiger partial charge on any atom is 0.306 e. The van der Waals surface area contributed by atoms with Crippen LogP contribution in [0.2, 0.25) is 0 Å². The molecule has 476 valence electrons. The molecule has 0 aromatic carbocycles. The summed E-state index contributed by atoms with van der Waals surface area (Å²) < 4.78 is 17.0. The molecule has 1 atom stereocenters. The van der Waals surface area contributed by atoms with E-state index in [0.717, 1.165) is 96.3 Å². The quantitative estimate of drug-likeness (QED) is 0.0261. The van der Waals surface area contributed by atoms with Gasteiger partial charge >= 0.3 is 17.9 Å². The zero-order valence-electron chi connectivity index (χ0n) is 54.8. The van der Waals surface area contributed by atoms with Gasteiger partial charge < -0.3 is 14.2 Å². The van der Waals surface area contributed by atoms with Crippen molar-refractivity contribution in [2.75, 3.05) is 13.2 Å². The third kappa shape index (κ3) is 68.3. The summed E-state index contributed by atoms with van der Waals surface area (Å²) in [7, 11) is 0. The minimum absolute atomic E-state index is 0.0737. The van der Waals surface area contributed by atoms with Gasteiger partial charge in [-0.05, 0) is 51.4 Å². The van der Waals surface area contributed by atoms with E-state index >= 15 is 0 Å². The summed E-state index contributed by atoms with van der Waals surface area (Å²) in [4.78, 5) is 38.4. The number of esters is 3. The number of unbranched alkanes of at least 4 members (excludes halogenated alkanes) is 51. The maximum atomic E-state index is 12.9. The topological polar surface area (TPSA) is 78.9 Å². The molecule has 0 saturated carbocycles. The SMILES string of the molecule is CC/C=C\C/C=C\C/C=C\CCCCCCCC(=O)OC(COC(=O)CCCCCCCCCCCCCCCCC)COC(=O)CCCCCCCCCCCCCCCCCCCCCCCCCCCCCCCCCCC. The van der Waals surface area contributed by atoms with Crippen LogP contribution in [0, 0.1) is 0 Å². The second kappa shape index (κ2) is 70.1. The van der Waals surface area contributed by atoms with Crippen LogP contribution in [-0.2, 0) is 28.6 Å². The average Bonchev–Trinajstić information content (AvgIpc) is 3.47. The lowest BCUT2D eigenvalue weighted by atomic mass is 10.0. The van der Waals surface area contributed by atoms with E-state index in [0.29, 0.717) is 19.3 Å². The normalized spacial score (nSPS) is 12.2. The zero-order valence-corrected chi connectivity index (χ0v) is 54.8. The van der Waals surface area contributed by atoms with Gasteiger partial charge in [-0.3, -0.25) is 14.4 Å². The van der Waals surface area contributed by atoms with Crippen molar-refractivity contribution in [3.05, 3.63) is 36.5 Å². The fraction of sp³-hybridized carbons (Fsp3) is 0.880. The van der Waals surface area contributed by atoms with Gasteiger partial charge in [0.15, 0.2) is 6.10 Å². The van der Waals surface area contributed by atoms with E-state index < -0.39 is 6.10 Å². The maximum absolute atomic E-state index is 12.9. The molecule has 0 rings (SSSR count). The lowest BCUT2D eigenvalue weighted by molar-refractivity contribution is -0.167. The Balaban J connectivity index is 4.09. The molecule has 0 fully saturated rings. The number of allylic oxidation sites excluding steroid dienone is 6. The lowest BCUT2D eigenvalue weighted by Crippen LogP contribution is -2.30. The number of carbonyl (C=O) groups excluding carboxylic acids is 3. The van der Waals surface area contributed by atoms with Crippen molar-refractivity contribution in [2.24, 2.45) is 0 Å². The van der Waals surface area contributed by atoms with E-state index in [2.05, 4.69) is 57.2 Å². The highest BCUT2D eigenvalue weighted by Crippen LogP contribution is 2.19. The molecule has 0 spiro atoms. The predicted octanol–water partition coefficient (Wildman–Crippen LogP) is 25.1. The van der Waals surface area contributed by atoms with Crippen LogP contribution in [-0.4, -0.2) is 37.2 Å². The summed E-state index contributed by atoms with van der Waals surface area (Å²) in [5.41, 5.74) is 0. The summed E-state index contributed by atoms with van der Waals surface area (Å²) in [6.45, 7) is 6.59. The van der Waals surface area contributed by atoms with Gasteiger partial charge in [0, 0.05) is 19.3 Å². The molecule has 0 amide bonds. The van der Waals surface area contributed by atoms with Gasteiger partial charge in [-0.2, -0.15) is 0 Å². The summed E-state index contributed by atoms with van der Waals surface area (Å²) >= 11 is 0. The Hall–Kier alpha value is -2.37. The van der Waals surface area contributed by atoms with Crippen LogP contribution in [0.4, 0.5) is 0 Å². The van der Waals surface area contributed by atoms with Crippen LogP contribution >= 0.6 is 0 Å². The summed E-state index contributed by atoms with van der Waals surface area (Å²) in [5, 5.41) is 0. The van der Waals surface area contributed by atoms with Crippen molar-refractivity contribution in [1.82, 2.24) is 0 Å². The highest BCUT2D eigenvalue weighted by molar-refractivity contribution is 5.71. The number of carbonyl (C=O) groups is 3. The number of rotatable bonds is 68. The lowest BCUT2D eigenvalue weighted by Gasteiger charge is -2.18. The van der Waals surface area contributed by atoms with E-state index in [1.165, 1.54) is 270 Å². The summed E-state index contributed by atoms with van der Waals surface area (Å²) in [5.74, 6) is -0.862. The number of hydrogen-bond acceptors (Lipinski definition) is 6. The molecule has 0 heterocycles. The zero-order chi connectivity index (χ0) is 58.5. The highest BCUT2D eigenvalue weighted by atomic mass is 16.6. The molecule has 0 aromatic heterocycles. The van der Waals surface area contributed by atoms with Crippen LogP contribution < -0.4 is 0 Å². The third-order valence-corrected chi connectivity index (χ3v) is 16.7. The Morgan fingerprint density at radius 1 is 0.259 bits per heavy atom. The van der Waals surface area contributed by atoms with Gasteiger partial charge in [-0.25, -0.2) is 0 Å². The van der Waals surface area contributed by atoms with E-state index in [4.69, 9.17) is 14.2 Å². The van der Waals surface area contributed by atoms with E-state index in [9.17, 15) is 14.4 Å². The first-order valence-electron chi connectivity index (χ1n) is 36.5. The average molecular weight is 1140 g/mol. The highest BCUT2D eigenvalue weighted by Gasteiger charge is 2.19. The summed E-state index contributed by atoms with van der Waals surface area (Å²) in [6.07, 6.45) is 87.8. The second-order valence-corrected chi connectivity index (χ2v) is 24.8. The predicted molar refractivity (Wildman–Crippen MR) is 353 cm³/mol. The third-order valence-electron chi connectivity index (χ3n) is 16.7. The number of ether oxygens (including phenoxy) is 3. The largest absolute Gasteiger partial charge is 0.462 e. The first-order chi connectivity index (χ1) is 40.0. The molecular formula is C75H140O6. The fourth-order valence-electron chi connectivity index (χ4n) is 11.2. The van der Waals surface area contributed by atoms with Gasteiger partial charge in [0.2, 0.25) is 0 Å². The Morgan fingerprint density at radius 3 is 0.753 bits per heavy atom. The molecule has 0 aromatic rings. The molecular weight excluding hydrogens is 997 g/mol. The van der Waals surface area contributed by atoms with E-state index in [1.54, 1.807) is 0 Å². The van der Waals surface area contributed by atoms with Crippen LogP contribution in [0.5, 0.6) is 0 Å². The minimum atomic E-state index is -0.779. The van der Waals surface area contributed by atoms with Crippen LogP contribution in [0.3, 0.4) is 0 Å². The smallest absolute Gasteiger partial charge is 0.306 e. The van der Waals surface area contributed by atoms with Crippen LogP contribution in [0.25, 0.3) is 0 Å². The fourth-order valence-corrected chi connectivity index (χ4v) is 11.2. The first-order valence-corrected chi connectivity index (χ1v) is 36.5. The molecule has 1 unspecified atom stereocenters. The van der Waals surface area contributed by atoms with Crippen molar-refractivity contribution < 1.29 is 28.6 Å². The van der Waals surface area contributed by atoms with Crippen molar-refractivity contribution in [3.8, 4) is 0 Å². The molecule has 81 heavy (non-hydrogen) atoms. The Morgan fingerprint density at radius 2 is 0.481 bits per heavy atom. The van der Waals surface area contributed by atoms with Crippen LogP contribution in [0.1, 0.15) is 406 Å². The van der Waals surface area contributed by atoms with Gasteiger partial charge in [-0.1, -0.05) is 372 Å². The first kappa shape index (κ1) is 78.6. The van der Waals surface area contributed by atoms with Crippen molar-refractivity contribution >= 4 is 17.9 Å². The Bertz CT molecular complexity index is 1350. The molecule has 0 bridgehead atoms. The Kier molecular flexibility index (Phi) is 68.1. The molecule has 0 radical (unpaired) electrons. The molecule has 0 N–H and O–H groups in total. The van der Waals surface area contributed by atoms with E-state index in [-0.39, 0.29) is 31.1 Å². The van der Waals surface area contributed by atoms with Gasteiger partial charge in [0.25, 0.3) is 0 Å². The van der Waals surface area contributed by atoms with Crippen molar-refractivity contribution in [1.29, 1.82) is 0 Å². The Labute approximate surface area is 506 Å². The molecule has 0 aliphatic rings. The monoisotopic (exact) mass is 1140 g/mol. The number of hydrogen-bond donors (Lipinski definition) is 0. The molecule has 0 aliphatic carbocycles. The summed E-state index contributed by atoms with van der Waals surface area (Å²) in [6, 6.07) is 0. The standard InChI is InChI=1S/C75H140O6/c1-4-7-10-13-16-19-22-25-28-29-30-31-32-33-34-35-36-37-38-39-40-41-42-43-44-45-48-50-53-56-59-62-65-68-74(77)80-71-72(81-75(78)69-66-63-60-57-54-51-47-27-24-21-18-15-12-9-6-3)70-79-73(76)67-64-61-58-55-52-49-46-26-23-20-17-14-11-8-5-2/h9,12,18,21,27,47,72H,4-8,10-11,13-17,19-20,22-26,28-46,48-71H2,1-3H3/b12-9-,21-18-,47-27-. The van der Waals surface area contributed by atoms with Crippen molar-refractivity contribution in [2.45, 2.75) is 412 Å². The van der Waals surface area contributed by atoms with Gasteiger partial charge in [-0.15, -0.1) is 0 Å². The molecule has 6 heteroatoms. The molecule has 6 nitrogen and oxygen atoms in total. The molecule has 0 aliphatic heterocycles. The van der Waals surface area contributed by atoms with Crippen LogP contribution in [0.15, 0.2) is 36.5 Å². The van der Waals surface area contributed by atoms with E-state index in [1.807, 2.05) is 0 Å².